The number of benzene rings is 1. The molecule has 4 rings (SSSR count). The number of thiazole rings is 1. The summed E-state index contributed by atoms with van der Waals surface area (Å²) in [6, 6.07) is 7.99. The third-order valence-corrected chi connectivity index (χ3v) is 5.39. The molecule has 2 N–H and O–H groups in total. The molecule has 2 aromatic heterocycles. The second kappa shape index (κ2) is 6.20. The highest BCUT2D eigenvalue weighted by Gasteiger charge is 2.30. The van der Waals surface area contributed by atoms with E-state index in [2.05, 4.69) is 15.3 Å². The summed E-state index contributed by atoms with van der Waals surface area (Å²) in [7, 11) is 0. The Balaban J connectivity index is 1.65. The molecule has 0 radical (unpaired) electrons. The molecule has 5 nitrogen and oxygen atoms in total. The van der Waals surface area contributed by atoms with E-state index in [1.165, 1.54) is 11.3 Å². The summed E-state index contributed by atoms with van der Waals surface area (Å²) in [5.41, 5.74) is 4.64. The van der Waals surface area contributed by atoms with Crippen LogP contribution in [-0.4, -0.2) is 21.0 Å². The van der Waals surface area contributed by atoms with E-state index in [1.807, 2.05) is 31.2 Å². The van der Waals surface area contributed by atoms with E-state index in [9.17, 15) is 9.90 Å². The number of aromatic nitrogens is 2. The number of aliphatic hydroxyl groups is 1. The summed E-state index contributed by atoms with van der Waals surface area (Å²) in [4.78, 5) is 20.8. The zero-order valence-corrected chi connectivity index (χ0v) is 14.9. The molecule has 6 heteroatoms. The Hall–Kier alpha value is -2.31. The van der Waals surface area contributed by atoms with Gasteiger partial charge in [0.05, 0.1) is 22.0 Å². The Morgan fingerprint density at radius 1 is 1.36 bits per heavy atom. The molecule has 0 bridgehead atoms. The average Bonchev–Trinajstić information content (AvgIpc) is 3.35. The van der Waals surface area contributed by atoms with Crippen LogP contribution in [0.2, 0.25) is 0 Å². The van der Waals surface area contributed by atoms with E-state index in [0.717, 1.165) is 39.7 Å². The molecule has 0 spiro atoms. The van der Waals surface area contributed by atoms with Gasteiger partial charge in [0, 0.05) is 17.7 Å². The van der Waals surface area contributed by atoms with Gasteiger partial charge >= 0.3 is 0 Å². The Morgan fingerprint density at radius 3 is 2.84 bits per heavy atom. The van der Waals surface area contributed by atoms with Crippen LogP contribution >= 0.6 is 11.3 Å². The first kappa shape index (κ1) is 16.2. The number of amides is 1. The number of fused-ring (bicyclic) bond motifs is 1. The summed E-state index contributed by atoms with van der Waals surface area (Å²) >= 11 is 1.49. The van der Waals surface area contributed by atoms with E-state index >= 15 is 0 Å². The predicted octanol–water partition coefficient (Wildman–Crippen LogP) is 4.07. The Labute approximate surface area is 149 Å². The number of hydrogen-bond donors (Lipinski definition) is 2. The van der Waals surface area contributed by atoms with E-state index < -0.39 is 6.10 Å². The zero-order valence-electron chi connectivity index (χ0n) is 14.1. The SMILES string of the molecule is Cc1cc(C(C)O)ncc1-c1ccc2sc(NC(=O)C3CC3)nc2c1. The molecule has 0 aliphatic heterocycles. The fourth-order valence-electron chi connectivity index (χ4n) is 2.81. The number of rotatable bonds is 4. The quantitative estimate of drug-likeness (QED) is 0.741. The highest BCUT2D eigenvalue weighted by atomic mass is 32.1. The van der Waals surface area contributed by atoms with E-state index in [1.54, 1.807) is 13.1 Å². The molecule has 3 aromatic rings. The molecule has 1 amide bonds. The Bertz CT molecular complexity index is 960. The maximum absolute atomic E-state index is 11.9. The van der Waals surface area contributed by atoms with Crippen molar-refractivity contribution in [3.8, 4) is 11.1 Å². The number of carbonyl (C=O) groups is 1. The fourth-order valence-corrected chi connectivity index (χ4v) is 3.66. The van der Waals surface area contributed by atoms with Crippen molar-refractivity contribution in [2.75, 3.05) is 5.32 Å². The number of hydrogen-bond acceptors (Lipinski definition) is 5. The molecule has 1 atom stereocenters. The van der Waals surface area contributed by atoms with Gasteiger partial charge in [-0.05, 0) is 56.0 Å². The highest BCUT2D eigenvalue weighted by Crippen LogP contribution is 2.34. The number of pyridine rings is 1. The molecule has 1 fully saturated rings. The first-order chi connectivity index (χ1) is 12.0. The molecule has 1 unspecified atom stereocenters. The average molecular weight is 353 g/mol. The second-order valence-corrected chi connectivity index (χ2v) is 7.60. The number of nitrogens with zero attached hydrogens (tertiary/aromatic N) is 2. The lowest BCUT2D eigenvalue weighted by molar-refractivity contribution is -0.117. The van der Waals surface area contributed by atoms with Crippen LogP contribution in [0.4, 0.5) is 5.13 Å². The third-order valence-electron chi connectivity index (χ3n) is 4.44. The number of aryl methyl sites for hydroxylation is 1. The van der Waals surface area contributed by atoms with Crippen molar-refractivity contribution in [1.82, 2.24) is 9.97 Å². The standard InChI is InChI=1S/C19H19N3O2S/c1-10-7-15(11(2)23)20-9-14(10)13-5-6-17-16(8-13)21-19(25-17)22-18(24)12-3-4-12/h5-9,11-12,23H,3-4H2,1-2H3,(H,21,22,24). The van der Waals surface area contributed by atoms with Gasteiger partial charge in [0.1, 0.15) is 0 Å². The van der Waals surface area contributed by atoms with Gasteiger partial charge in [-0.15, -0.1) is 0 Å². The van der Waals surface area contributed by atoms with Crippen LogP contribution in [0, 0.1) is 12.8 Å². The van der Waals surface area contributed by atoms with Gasteiger partial charge in [0.2, 0.25) is 5.91 Å². The number of anilines is 1. The lowest BCUT2D eigenvalue weighted by Crippen LogP contribution is -2.12. The molecule has 1 aliphatic rings. The summed E-state index contributed by atoms with van der Waals surface area (Å²) in [5, 5.41) is 13.2. The minimum Gasteiger partial charge on any atom is -0.387 e. The molecular formula is C19H19N3O2S. The van der Waals surface area contributed by atoms with Gasteiger partial charge in [0.25, 0.3) is 0 Å². The van der Waals surface area contributed by atoms with Crippen molar-refractivity contribution >= 4 is 32.6 Å². The maximum atomic E-state index is 11.9. The predicted molar refractivity (Wildman–Crippen MR) is 99.6 cm³/mol. The largest absolute Gasteiger partial charge is 0.387 e. The van der Waals surface area contributed by atoms with Gasteiger partial charge < -0.3 is 10.4 Å². The van der Waals surface area contributed by atoms with Crippen molar-refractivity contribution in [2.24, 2.45) is 5.92 Å². The third kappa shape index (κ3) is 3.27. The van der Waals surface area contributed by atoms with Gasteiger partial charge in [-0.1, -0.05) is 17.4 Å². The van der Waals surface area contributed by atoms with Gasteiger partial charge in [0.15, 0.2) is 5.13 Å². The minimum absolute atomic E-state index is 0.0769. The summed E-state index contributed by atoms with van der Waals surface area (Å²) < 4.78 is 1.04. The Kier molecular flexibility index (Phi) is 4.01. The molecule has 1 saturated carbocycles. The topological polar surface area (TPSA) is 75.1 Å². The van der Waals surface area contributed by atoms with Gasteiger partial charge in [-0.3, -0.25) is 9.78 Å². The summed E-state index contributed by atoms with van der Waals surface area (Å²) in [6.45, 7) is 3.72. The molecule has 1 aliphatic carbocycles. The van der Waals surface area contributed by atoms with Crippen LogP contribution in [0.25, 0.3) is 21.3 Å². The normalized spacial score (nSPS) is 15.3. The van der Waals surface area contributed by atoms with Gasteiger partial charge in [-0.25, -0.2) is 4.98 Å². The summed E-state index contributed by atoms with van der Waals surface area (Å²) in [5.74, 6) is 0.247. The van der Waals surface area contributed by atoms with Gasteiger partial charge in [-0.2, -0.15) is 0 Å². The fraction of sp³-hybridized carbons (Fsp3) is 0.316. The van der Waals surface area contributed by atoms with E-state index in [0.29, 0.717) is 10.8 Å². The van der Waals surface area contributed by atoms with Crippen molar-refractivity contribution < 1.29 is 9.90 Å². The minimum atomic E-state index is -0.577. The van der Waals surface area contributed by atoms with Crippen LogP contribution in [0.5, 0.6) is 0 Å². The maximum Gasteiger partial charge on any atom is 0.229 e. The monoisotopic (exact) mass is 353 g/mol. The molecule has 1 aromatic carbocycles. The van der Waals surface area contributed by atoms with Crippen molar-refractivity contribution in [3.05, 3.63) is 41.7 Å². The second-order valence-electron chi connectivity index (χ2n) is 6.57. The molecule has 128 valence electrons. The molecular weight excluding hydrogens is 334 g/mol. The van der Waals surface area contributed by atoms with Crippen LogP contribution in [0.3, 0.4) is 0 Å². The first-order valence-electron chi connectivity index (χ1n) is 8.37. The lowest BCUT2D eigenvalue weighted by Gasteiger charge is -2.09. The number of carbonyl (C=O) groups excluding carboxylic acids is 1. The molecule has 25 heavy (non-hydrogen) atoms. The van der Waals surface area contributed by atoms with Crippen LogP contribution in [0.1, 0.15) is 37.1 Å². The molecule has 2 heterocycles. The number of aliphatic hydroxyl groups excluding tert-OH is 1. The van der Waals surface area contributed by atoms with Crippen molar-refractivity contribution in [1.29, 1.82) is 0 Å². The Morgan fingerprint density at radius 2 is 2.16 bits per heavy atom. The lowest BCUT2D eigenvalue weighted by atomic mass is 10.0. The van der Waals surface area contributed by atoms with Crippen molar-refractivity contribution in [3.63, 3.8) is 0 Å². The first-order valence-corrected chi connectivity index (χ1v) is 9.19. The van der Waals surface area contributed by atoms with Crippen molar-refractivity contribution in [2.45, 2.75) is 32.8 Å². The van der Waals surface area contributed by atoms with E-state index in [4.69, 9.17) is 0 Å². The van der Waals surface area contributed by atoms with Crippen LogP contribution in [-0.2, 0) is 4.79 Å². The van der Waals surface area contributed by atoms with Crippen LogP contribution < -0.4 is 5.32 Å². The van der Waals surface area contributed by atoms with Crippen LogP contribution in [0.15, 0.2) is 30.5 Å². The van der Waals surface area contributed by atoms with E-state index in [-0.39, 0.29) is 11.8 Å². The smallest absolute Gasteiger partial charge is 0.229 e. The highest BCUT2D eigenvalue weighted by molar-refractivity contribution is 7.22. The zero-order chi connectivity index (χ0) is 17.6. The molecule has 0 saturated heterocycles. The number of nitrogens with one attached hydrogen (secondary N) is 1. The summed E-state index contributed by atoms with van der Waals surface area (Å²) in [6.07, 6.45) is 3.18.